The molecule has 0 fully saturated rings. The highest BCUT2D eigenvalue weighted by molar-refractivity contribution is 5.68. The maximum Gasteiger partial charge on any atom is 0.142 e. The van der Waals surface area contributed by atoms with Gasteiger partial charge in [0.05, 0.1) is 19.9 Å². The molecule has 1 unspecified atom stereocenters. The molecule has 2 aromatic carbocycles. The van der Waals surface area contributed by atoms with Gasteiger partial charge in [-0.05, 0) is 36.2 Å². The molecule has 0 radical (unpaired) electrons. The molecular weight excluding hydrogens is 269 g/mol. The van der Waals surface area contributed by atoms with Crippen LogP contribution in [-0.2, 0) is 6.42 Å². The van der Waals surface area contributed by atoms with Gasteiger partial charge in [0, 0.05) is 18.0 Å². The Kier molecular flexibility index (Phi) is 3.69. The van der Waals surface area contributed by atoms with Gasteiger partial charge >= 0.3 is 0 Å². The van der Waals surface area contributed by atoms with Gasteiger partial charge in [-0.2, -0.15) is 0 Å². The maximum atomic E-state index is 13.1. The van der Waals surface area contributed by atoms with E-state index in [4.69, 9.17) is 9.47 Å². The summed E-state index contributed by atoms with van der Waals surface area (Å²) in [5, 5.41) is 3.42. The van der Waals surface area contributed by atoms with Crippen LogP contribution in [0.5, 0.6) is 11.5 Å². The predicted molar refractivity (Wildman–Crippen MR) is 80.9 cm³/mol. The van der Waals surface area contributed by atoms with Gasteiger partial charge in [-0.25, -0.2) is 4.39 Å². The van der Waals surface area contributed by atoms with E-state index in [1.54, 1.807) is 14.2 Å². The fourth-order valence-corrected chi connectivity index (χ4v) is 2.88. The van der Waals surface area contributed by atoms with Crippen LogP contribution in [-0.4, -0.2) is 20.8 Å². The summed E-state index contributed by atoms with van der Waals surface area (Å²) in [6.45, 7) is 0.794. The quantitative estimate of drug-likeness (QED) is 0.935. The molecule has 1 N–H and O–H groups in total. The minimum Gasteiger partial charge on any atom is -0.496 e. The first-order valence-corrected chi connectivity index (χ1v) is 6.96. The minimum absolute atomic E-state index is 0.206. The number of halogens is 1. The van der Waals surface area contributed by atoms with E-state index in [1.807, 2.05) is 24.3 Å². The van der Waals surface area contributed by atoms with Gasteiger partial charge in [-0.1, -0.05) is 12.1 Å². The van der Waals surface area contributed by atoms with E-state index >= 15 is 0 Å². The number of ether oxygens (including phenoxy) is 2. The van der Waals surface area contributed by atoms with E-state index in [0.717, 1.165) is 41.3 Å². The topological polar surface area (TPSA) is 30.5 Å². The van der Waals surface area contributed by atoms with Gasteiger partial charge in [-0.3, -0.25) is 0 Å². The van der Waals surface area contributed by atoms with Gasteiger partial charge in [0.1, 0.15) is 17.3 Å². The number of hydrogen-bond donors (Lipinski definition) is 1. The lowest BCUT2D eigenvalue weighted by molar-refractivity contribution is 0.397. The van der Waals surface area contributed by atoms with Gasteiger partial charge in [-0.15, -0.1) is 0 Å². The molecule has 110 valence electrons. The Morgan fingerprint density at radius 2 is 1.67 bits per heavy atom. The molecule has 0 saturated heterocycles. The van der Waals surface area contributed by atoms with Crippen LogP contribution in [0.1, 0.15) is 17.0 Å². The lowest BCUT2D eigenvalue weighted by atomic mass is 9.87. The molecule has 3 nitrogen and oxygen atoms in total. The first-order valence-electron chi connectivity index (χ1n) is 6.96. The SMILES string of the molecule is COc1ccc(OC)c2c1CC(c1ccc(F)cc1)CN2. The highest BCUT2D eigenvalue weighted by Gasteiger charge is 2.25. The van der Waals surface area contributed by atoms with Crippen molar-refractivity contribution in [1.29, 1.82) is 0 Å². The van der Waals surface area contributed by atoms with Crippen LogP contribution in [0.15, 0.2) is 36.4 Å². The van der Waals surface area contributed by atoms with Gasteiger partial charge in [0.15, 0.2) is 0 Å². The van der Waals surface area contributed by atoms with E-state index in [0.29, 0.717) is 5.92 Å². The molecule has 0 bridgehead atoms. The van der Waals surface area contributed by atoms with E-state index in [-0.39, 0.29) is 5.82 Å². The molecule has 4 heteroatoms. The molecule has 21 heavy (non-hydrogen) atoms. The fraction of sp³-hybridized carbons (Fsp3) is 0.294. The van der Waals surface area contributed by atoms with Crippen molar-refractivity contribution in [2.24, 2.45) is 0 Å². The number of rotatable bonds is 3. The van der Waals surface area contributed by atoms with Crippen molar-refractivity contribution in [2.45, 2.75) is 12.3 Å². The summed E-state index contributed by atoms with van der Waals surface area (Å²) in [5.74, 6) is 1.76. The lowest BCUT2D eigenvalue weighted by Gasteiger charge is -2.29. The number of nitrogens with one attached hydrogen (secondary N) is 1. The summed E-state index contributed by atoms with van der Waals surface area (Å²) in [6.07, 6.45) is 0.842. The van der Waals surface area contributed by atoms with E-state index in [2.05, 4.69) is 5.32 Å². The Labute approximate surface area is 123 Å². The summed E-state index contributed by atoms with van der Waals surface area (Å²) < 4.78 is 23.9. The highest BCUT2D eigenvalue weighted by Crippen LogP contribution is 2.41. The zero-order valence-electron chi connectivity index (χ0n) is 12.2. The third kappa shape index (κ3) is 2.53. The van der Waals surface area contributed by atoms with Crippen molar-refractivity contribution in [3.05, 3.63) is 53.3 Å². The second-order valence-corrected chi connectivity index (χ2v) is 5.16. The Morgan fingerprint density at radius 1 is 1.00 bits per heavy atom. The van der Waals surface area contributed by atoms with Crippen LogP contribution >= 0.6 is 0 Å². The zero-order chi connectivity index (χ0) is 14.8. The van der Waals surface area contributed by atoms with Crippen molar-refractivity contribution < 1.29 is 13.9 Å². The van der Waals surface area contributed by atoms with Gasteiger partial charge in [0.2, 0.25) is 0 Å². The first kappa shape index (κ1) is 13.7. The molecule has 0 amide bonds. The monoisotopic (exact) mass is 287 g/mol. The third-order valence-corrected chi connectivity index (χ3v) is 3.99. The summed E-state index contributed by atoms with van der Waals surface area (Å²) in [5.41, 5.74) is 3.23. The zero-order valence-corrected chi connectivity index (χ0v) is 12.2. The van der Waals surface area contributed by atoms with E-state index in [9.17, 15) is 4.39 Å². The smallest absolute Gasteiger partial charge is 0.142 e. The van der Waals surface area contributed by atoms with Gasteiger partial charge < -0.3 is 14.8 Å². The molecule has 1 heterocycles. The van der Waals surface area contributed by atoms with E-state index < -0.39 is 0 Å². The Bertz CT molecular complexity index is 640. The van der Waals surface area contributed by atoms with Crippen LogP contribution in [0.3, 0.4) is 0 Å². The van der Waals surface area contributed by atoms with Gasteiger partial charge in [0.25, 0.3) is 0 Å². The average molecular weight is 287 g/mol. The van der Waals surface area contributed by atoms with Crippen LogP contribution in [0.25, 0.3) is 0 Å². The number of hydrogen-bond acceptors (Lipinski definition) is 3. The molecule has 0 spiro atoms. The minimum atomic E-state index is -0.206. The molecule has 3 rings (SSSR count). The molecule has 2 aromatic rings. The predicted octanol–water partition coefficient (Wildman–Crippen LogP) is 3.59. The fourth-order valence-electron chi connectivity index (χ4n) is 2.88. The molecule has 0 aromatic heterocycles. The van der Waals surface area contributed by atoms with Crippen molar-refractivity contribution >= 4 is 5.69 Å². The Hall–Kier alpha value is -2.23. The molecule has 1 atom stereocenters. The molecule has 1 aliphatic heterocycles. The molecule has 0 saturated carbocycles. The van der Waals surface area contributed by atoms with Crippen LogP contribution in [0.4, 0.5) is 10.1 Å². The van der Waals surface area contributed by atoms with Crippen LogP contribution in [0.2, 0.25) is 0 Å². The Balaban J connectivity index is 1.95. The summed E-state index contributed by atoms with van der Waals surface area (Å²) in [6, 6.07) is 10.5. The van der Waals surface area contributed by atoms with Crippen molar-refractivity contribution in [3.8, 4) is 11.5 Å². The maximum absolute atomic E-state index is 13.1. The summed E-state index contributed by atoms with van der Waals surface area (Å²) >= 11 is 0. The normalized spacial score (nSPS) is 16.8. The second kappa shape index (κ2) is 5.64. The van der Waals surface area contributed by atoms with E-state index in [1.165, 1.54) is 12.1 Å². The van der Waals surface area contributed by atoms with Crippen LogP contribution < -0.4 is 14.8 Å². The number of methoxy groups -OCH3 is 2. The van der Waals surface area contributed by atoms with Crippen molar-refractivity contribution in [3.63, 3.8) is 0 Å². The Morgan fingerprint density at radius 3 is 2.33 bits per heavy atom. The molecule has 0 aliphatic carbocycles. The van der Waals surface area contributed by atoms with Crippen LogP contribution in [0, 0.1) is 5.82 Å². The number of fused-ring (bicyclic) bond motifs is 1. The average Bonchev–Trinajstić information content (AvgIpc) is 2.54. The number of anilines is 1. The lowest BCUT2D eigenvalue weighted by Crippen LogP contribution is -2.22. The molecular formula is C17H18FNO2. The standard InChI is InChI=1S/C17H18FNO2/c1-20-15-7-8-16(21-2)17-14(15)9-12(10-19-17)11-3-5-13(18)6-4-11/h3-8,12,19H,9-10H2,1-2H3. The van der Waals surface area contributed by atoms with Crippen molar-refractivity contribution in [1.82, 2.24) is 0 Å². The molecule has 1 aliphatic rings. The first-order chi connectivity index (χ1) is 10.2. The second-order valence-electron chi connectivity index (χ2n) is 5.16. The third-order valence-electron chi connectivity index (χ3n) is 3.99. The van der Waals surface area contributed by atoms with Crippen molar-refractivity contribution in [2.75, 3.05) is 26.1 Å². The number of benzene rings is 2. The highest BCUT2D eigenvalue weighted by atomic mass is 19.1. The largest absolute Gasteiger partial charge is 0.496 e. The summed E-state index contributed by atoms with van der Waals surface area (Å²) in [7, 11) is 3.33. The summed E-state index contributed by atoms with van der Waals surface area (Å²) in [4.78, 5) is 0.